The van der Waals surface area contributed by atoms with E-state index < -0.39 is 6.61 Å². The number of ketones is 1. The van der Waals surface area contributed by atoms with Crippen LogP contribution in [0.1, 0.15) is 39.0 Å². The summed E-state index contributed by atoms with van der Waals surface area (Å²) >= 11 is 0. The summed E-state index contributed by atoms with van der Waals surface area (Å²) in [7, 11) is 0. The van der Waals surface area contributed by atoms with Gasteiger partial charge in [-0.15, -0.1) is 0 Å². The number of Topliss-reactive ketones (excluding diaryl/α,β-unsaturated/α-hetero) is 1. The molecule has 0 saturated carbocycles. The highest BCUT2D eigenvalue weighted by Crippen LogP contribution is 2.21. The van der Waals surface area contributed by atoms with Gasteiger partial charge in [-0.1, -0.05) is 6.92 Å². The minimum atomic E-state index is -0.402. The van der Waals surface area contributed by atoms with Gasteiger partial charge in [0, 0.05) is 32.6 Å². The summed E-state index contributed by atoms with van der Waals surface area (Å²) in [6.45, 7) is 5.29. The number of hydrogen-bond donors (Lipinski definition) is 1. The van der Waals surface area contributed by atoms with Crippen molar-refractivity contribution in [3.8, 4) is 0 Å². The van der Waals surface area contributed by atoms with E-state index in [4.69, 9.17) is 9.84 Å². The molecule has 2 saturated heterocycles. The molecule has 22 heavy (non-hydrogen) atoms. The van der Waals surface area contributed by atoms with Crippen LogP contribution < -0.4 is 0 Å². The fourth-order valence-electron chi connectivity index (χ4n) is 3.18. The fourth-order valence-corrected chi connectivity index (χ4v) is 3.18. The van der Waals surface area contributed by atoms with Crippen LogP contribution in [0, 0.1) is 0 Å². The van der Waals surface area contributed by atoms with Gasteiger partial charge in [0.1, 0.15) is 12.4 Å². The van der Waals surface area contributed by atoms with Crippen LogP contribution in [0.4, 0.5) is 0 Å². The van der Waals surface area contributed by atoms with Crippen LogP contribution in [0.15, 0.2) is 0 Å². The molecule has 6 nitrogen and oxygen atoms in total. The predicted molar refractivity (Wildman–Crippen MR) is 82.5 cm³/mol. The molecule has 2 rings (SSSR count). The maximum atomic E-state index is 11.5. The molecule has 0 aromatic carbocycles. The van der Waals surface area contributed by atoms with E-state index in [1.54, 1.807) is 4.90 Å². The number of carbonyl (C=O) groups is 2. The summed E-state index contributed by atoms with van der Waals surface area (Å²) in [5.41, 5.74) is 0. The molecular formula is C16H28N2O4. The topological polar surface area (TPSA) is 70.1 Å². The number of likely N-dealkylation sites (tertiary alicyclic amines) is 2. The maximum Gasteiger partial charge on any atom is 0.248 e. The summed E-state index contributed by atoms with van der Waals surface area (Å²) in [6, 6.07) is 0. The van der Waals surface area contributed by atoms with Gasteiger partial charge in [-0.2, -0.15) is 0 Å². The van der Waals surface area contributed by atoms with Crippen molar-refractivity contribution in [1.82, 2.24) is 9.80 Å². The summed E-state index contributed by atoms with van der Waals surface area (Å²) in [5, 5.41) is 8.87. The molecular weight excluding hydrogens is 284 g/mol. The van der Waals surface area contributed by atoms with Crippen molar-refractivity contribution in [3.05, 3.63) is 0 Å². The van der Waals surface area contributed by atoms with E-state index in [-0.39, 0.29) is 18.1 Å². The molecule has 2 heterocycles. The normalized spacial score (nSPS) is 22.0. The van der Waals surface area contributed by atoms with Gasteiger partial charge in [0.2, 0.25) is 5.91 Å². The highest BCUT2D eigenvalue weighted by molar-refractivity contribution is 5.80. The SMILES string of the molecule is CCC(=O)CN1CCC(OC2CCN(C(=O)CO)CC2)CC1. The number of aliphatic hydroxyl groups excluding tert-OH is 1. The number of ether oxygens (including phenoxy) is 1. The van der Waals surface area contributed by atoms with Gasteiger partial charge in [0.05, 0.1) is 18.8 Å². The summed E-state index contributed by atoms with van der Waals surface area (Å²) < 4.78 is 6.16. The molecule has 126 valence electrons. The lowest BCUT2D eigenvalue weighted by atomic mass is 10.0. The van der Waals surface area contributed by atoms with E-state index in [0.29, 0.717) is 31.8 Å². The lowest BCUT2D eigenvalue weighted by Gasteiger charge is -2.36. The number of piperidine rings is 2. The van der Waals surface area contributed by atoms with E-state index in [1.165, 1.54) is 0 Å². The van der Waals surface area contributed by atoms with E-state index in [1.807, 2.05) is 6.92 Å². The minimum Gasteiger partial charge on any atom is -0.387 e. The van der Waals surface area contributed by atoms with Gasteiger partial charge in [-0.25, -0.2) is 0 Å². The van der Waals surface area contributed by atoms with Crippen molar-refractivity contribution < 1.29 is 19.4 Å². The molecule has 1 amide bonds. The Morgan fingerprint density at radius 1 is 1.05 bits per heavy atom. The Kier molecular flexibility index (Phi) is 6.79. The van der Waals surface area contributed by atoms with Crippen molar-refractivity contribution in [2.24, 2.45) is 0 Å². The smallest absolute Gasteiger partial charge is 0.248 e. The highest BCUT2D eigenvalue weighted by Gasteiger charge is 2.27. The molecule has 2 aliphatic rings. The van der Waals surface area contributed by atoms with E-state index >= 15 is 0 Å². The zero-order valence-electron chi connectivity index (χ0n) is 13.5. The van der Waals surface area contributed by atoms with Gasteiger partial charge in [0.25, 0.3) is 0 Å². The highest BCUT2D eigenvalue weighted by atomic mass is 16.5. The van der Waals surface area contributed by atoms with Crippen LogP contribution >= 0.6 is 0 Å². The van der Waals surface area contributed by atoms with Crippen LogP contribution in [0.2, 0.25) is 0 Å². The van der Waals surface area contributed by atoms with Gasteiger partial charge in [-0.05, 0) is 25.7 Å². The zero-order valence-corrected chi connectivity index (χ0v) is 13.5. The second kappa shape index (κ2) is 8.60. The number of carbonyl (C=O) groups excluding carboxylic acids is 2. The number of rotatable bonds is 6. The maximum absolute atomic E-state index is 11.5. The second-order valence-corrected chi connectivity index (χ2v) is 6.24. The Hall–Kier alpha value is -0.980. The van der Waals surface area contributed by atoms with Crippen molar-refractivity contribution in [2.75, 3.05) is 39.3 Å². The fraction of sp³-hybridized carbons (Fsp3) is 0.875. The van der Waals surface area contributed by atoms with Crippen molar-refractivity contribution in [3.63, 3.8) is 0 Å². The van der Waals surface area contributed by atoms with Crippen LogP contribution in [-0.4, -0.2) is 78.1 Å². The quantitative estimate of drug-likeness (QED) is 0.770. The van der Waals surface area contributed by atoms with Crippen LogP contribution in [0.25, 0.3) is 0 Å². The van der Waals surface area contributed by atoms with Crippen molar-refractivity contribution in [1.29, 1.82) is 0 Å². The van der Waals surface area contributed by atoms with E-state index in [2.05, 4.69) is 4.90 Å². The van der Waals surface area contributed by atoms with Gasteiger partial charge in [-0.3, -0.25) is 14.5 Å². The predicted octanol–water partition coefficient (Wildman–Crippen LogP) is 0.430. The average Bonchev–Trinajstić information content (AvgIpc) is 2.56. The second-order valence-electron chi connectivity index (χ2n) is 6.24. The van der Waals surface area contributed by atoms with E-state index in [9.17, 15) is 9.59 Å². The monoisotopic (exact) mass is 312 g/mol. The number of aliphatic hydroxyl groups is 1. The molecule has 6 heteroatoms. The summed E-state index contributed by atoms with van der Waals surface area (Å²) in [5.74, 6) is 0.118. The van der Waals surface area contributed by atoms with Crippen molar-refractivity contribution >= 4 is 11.7 Å². The molecule has 1 N–H and O–H groups in total. The number of amides is 1. The molecule has 0 aliphatic carbocycles. The first-order chi connectivity index (χ1) is 10.6. The Morgan fingerprint density at radius 3 is 2.09 bits per heavy atom. The lowest BCUT2D eigenvalue weighted by molar-refractivity contribution is -0.138. The molecule has 0 aromatic rings. The molecule has 0 spiro atoms. The Bertz CT molecular complexity index is 372. The molecule has 2 fully saturated rings. The molecule has 0 unspecified atom stereocenters. The standard InChI is InChI=1S/C16H28N2O4/c1-2-13(20)11-17-7-3-14(4-8-17)22-15-5-9-18(10-6-15)16(21)12-19/h14-15,19H,2-12H2,1H3. The number of nitrogens with zero attached hydrogens (tertiary/aromatic N) is 2. The van der Waals surface area contributed by atoms with Crippen molar-refractivity contribution in [2.45, 2.75) is 51.2 Å². The largest absolute Gasteiger partial charge is 0.387 e. The van der Waals surface area contributed by atoms with Gasteiger partial charge < -0.3 is 14.7 Å². The van der Waals surface area contributed by atoms with Crippen LogP contribution in [0.5, 0.6) is 0 Å². The first kappa shape index (κ1) is 17.4. The molecule has 0 bridgehead atoms. The first-order valence-corrected chi connectivity index (χ1v) is 8.40. The third kappa shape index (κ3) is 5.04. The molecule has 0 atom stereocenters. The minimum absolute atomic E-state index is 0.188. The Labute approximate surface area is 132 Å². The zero-order chi connectivity index (χ0) is 15.9. The third-order valence-corrected chi connectivity index (χ3v) is 4.64. The summed E-state index contributed by atoms with van der Waals surface area (Å²) in [4.78, 5) is 26.8. The molecule has 0 radical (unpaired) electrons. The lowest BCUT2D eigenvalue weighted by Crippen LogP contribution is -2.45. The van der Waals surface area contributed by atoms with Crippen LogP contribution in [0.3, 0.4) is 0 Å². The first-order valence-electron chi connectivity index (χ1n) is 8.40. The Balaban J connectivity index is 1.65. The van der Waals surface area contributed by atoms with Crippen LogP contribution in [-0.2, 0) is 14.3 Å². The summed E-state index contributed by atoms with van der Waals surface area (Å²) in [6.07, 6.45) is 4.76. The average molecular weight is 312 g/mol. The Morgan fingerprint density at radius 2 is 1.59 bits per heavy atom. The van der Waals surface area contributed by atoms with Gasteiger partial charge in [0.15, 0.2) is 0 Å². The number of hydrogen-bond acceptors (Lipinski definition) is 5. The molecule has 0 aromatic heterocycles. The van der Waals surface area contributed by atoms with E-state index in [0.717, 1.165) is 38.8 Å². The van der Waals surface area contributed by atoms with Gasteiger partial charge >= 0.3 is 0 Å². The molecule has 2 aliphatic heterocycles. The third-order valence-electron chi connectivity index (χ3n) is 4.64.